The number of benzene rings is 1. The number of aryl methyl sites for hydroxylation is 1. The molecule has 1 aromatic carbocycles. The Kier molecular flexibility index (Phi) is 5.25. The van der Waals surface area contributed by atoms with Crippen LogP contribution in [-0.2, 0) is 9.53 Å². The van der Waals surface area contributed by atoms with E-state index in [-0.39, 0.29) is 31.1 Å². The van der Waals surface area contributed by atoms with Gasteiger partial charge in [-0.3, -0.25) is 9.69 Å². The van der Waals surface area contributed by atoms with Gasteiger partial charge in [0, 0.05) is 6.54 Å². The van der Waals surface area contributed by atoms with Crippen molar-refractivity contribution in [3.8, 4) is 5.75 Å². The van der Waals surface area contributed by atoms with E-state index < -0.39 is 0 Å². The number of hydrogen-bond donors (Lipinski definition) is 1. The van der Waals surface area contributed by atoms with Crippen LogP contribution in [0, 0.1) is 6.92 Å². The molecule has 1 aromatic rings. The normalized spacial score (nSPS) is 16.5. The average Bonchev–Trinajstić information content (AvgIpc) is 2.53. The number of hydrogen-bond acceptors (Lipinski definition) is 4. The van der Waals surface area contributed by atoms with Crippen LogP contribution in [0.1, 0.15) is 25.3 Å². The lowest BCUT2D eigenvalue weighted by Gasteiger charge is -2.34. The van der Waals surface area contributed by atoms with Crippen molar-refractivity contribution < 1.29 is 19.1 Å². The van der Waals surface area contributed by atoms with E-state index in [1.807, 2.05) is 32.0 Å². The standard InChI is InChI=1S/C16H22N2O4/c1-4-12-10-18(16(20)17-8-7-15(19)21-3)13-9-11(2)5-6-14(13)22-12/h5-6,9,12H,4,7-8,10H2,1-3H3,(H,17,20)/t12-/m0/s1. The molecule has 2 rings (SSSR count). The van der Waals surface area contributed by atoms with Gasteiger partial charge in [-0.15, -0.1) is 0 Å². The first kappa shape index (κ1) is 16.1. The number of amides is 2. The Bertz CT molecular complexity index is 559. The lowest BCUT2D eigenvalue weighted by Crippen LogP contribution is -2.48. The summed E-state index contributed by atoms with van der Waals surface area (Å²) < 4.78 is 10.4. The first-order valence-electron chi connectivity index (χ1n) is 7.44. The number of urea groups is 1. The molecule has 1 atom stereocenters. The summed E-state index contributed by atoms with van der Waals surface area (Å²) in [6, 6.07) is 5.56. The molecule has 22 heavy (non-hydrogen) atoms. The van der Waals surface area contributed by atoms with Crippen LogP contribution in [0.2, 0.25) is 0 Å². The number of nitrogens with one attached hydrogen (secondary N) is 1. The summed E-state index contributed by atoms with van der Waals surface area (Å²) in [5.74, 6) is 0.372. The van der Waals surface area contributed by atoms with Crippen LogP contribution >= 0.6 is 0 Å². The molecule has 1 aliphatic heterocycles. The summed E-state index contributed by atoms with van der Waals surface area (Å²) in [6.07, 6.45) is 0.950. The molecule has 0 aromatic heterocycles. The van der Waals surface area contributed by atoms with E-state index in [0.717, 1.165) is 17.7 Å². The molecule has 0 spiro atoms. The molecule has 0 unspecified atom stereocenters. The van der Waals surface area contributed by atoms with Gasteiger partial charge in [0.25, 0.3) is 0 Å². The van der Waals surface area contributed by atoms with Gasteiger partial charge in [-0.05, 0) is 31.0 Å². The van der Waals surface area contributed by atoms with E-state index >= 15 is 0 Å². The van der Waals surface area contributed by atoms with Crippen molar-refractivity contribution in [2.24, 2.45) is 0 Å². The highest BCUT2D eigenvalue weighted by molar-refractivity contribution is 5.94. The second-order valence-electron chi connectivity index (χ2n) is 5.29. The Morgan fingerprint density at radius 1 is 1.45 bits per heavy atom. The highest BCUT2D eigenvalue weighted by Gasteiger charge is 2.28. The molecule has 6 nitrogen and oxygen atoms in total. The lowest BCUT2D eigenvalue weighted by molar-refractivity contribution is -0.140. The lowest BCUT2D eigenvalue weighted by atomic mass is 10.1. The van der Waals surface area contributed by atoms with Crippen molar-refractivity contribution in [3.63, 3.8) is 0 Å². The quantitative estimate of drug-likeness (QED) is 0.866. The molecule has 0 saturated carbocycles. The number of anilines is 1. The van der Waals surface area contributed by atoms with Gasteiger partial charge in [0.15, 0.2) is 0 Å². The number of fused-ring (bicyclic) bond motifs is 1. The van der Waals surface area contributed by atoms with Gasteiger partial charge in [0.1, 0.15) is 11.9 Å². The van der Waals surface area contributed by atoms with Crippen LogP contribution in [-0.4, -0.2) is 38.3 Å². The van der Waals surface area contributed by atoms with Gasteiger partial charge in [0.05, 0.1) is 25.8 Å². The van der Waals surface area contributed by atoms with Gasteiger partial charge in [-0.25, -0.2) is 4.79 Å². The second-order valence-corrected chi connectivity index (χ2v) is 5.29. The monoisotopic (exact) mass is 306 g/mol. The maximum Gasteiger partial charge on any atom is 0.322 e. The van der Waals surface area contributed by atoms with E-state index in [0.29, 0.717) is 12.3 Å². The topological polar surface area (TPSA) is 67.9 Å². The zero-order valence-corrected chi connectivity index (χ0v) is 13.2. The summed E-state index contributed by atoms with van der Waals surface area (Å²) in [5, 5.41) is 2.75. The summed E-state index contributed by atoms with van der Waals surface area (Å²) in [5.41, 5.74) is 1.82. The Hall–Kier alpha value is -2.24. The molecule has 6 heteroatoms. The van der Waals surface area contributed by atoms with E-state index in [1.54, 1.807) is 4.90 Å². The SMILES string of the molecule is CC[C@H]1CN(C(=O)NCCC(=O)OC)c2cc(C)ccc2O1. The molecule has 1 N–H and O–H groups in total. The molecule has 1 aliphatic rings. The maximum atomic E-state index is 12.4. The fourth-order valence-corrected chi connectivity index (χ4v) is 2.33. The van der Waals surface area contributed by atoms with Crippen LogP contribution in [0.5, 0.6) is 5.75 Å². The van der Waals surface area contributed by atoms with Crippen LogP contribution in [0.4, 0.5) is 10.5 Å². The highest BCUT2D eigenvalue weighted by Crippen LogP contribution is 2.34. The van der Waals surface area contributed by atoms with Gasteiger partial charge < -0.3 is 14.8 Å². The van der Waals surface area contributed by atoms with E-state index in [1.165, 1.54) is 7.11 Å². The van der Waals surface area contributed by atoms with Crippen LogP contribution in [0.15, 0.2) is 18.2 Å². The third-order valence-corrected chi connectivity index (χ3v) is 3.62. The van der Waals surface area contributed by atoms with E-state index in [2.05, 4.69) is 10.1 Å². The highest BCUT2D eigenvalue weighted by atomic mass is 16.5. The maximum absolute atomic E-state index is 12.4. The largest absolute Gasteiger partial charge is 0.486 e. The smallest absolute Gasteiger partial charge is 0.322 e. The minimum absolute atomic E-state index is 0.0263. The average molecular weight is 306 g/mol. The van der Waals surface area contributed by atoms with Crippen LogP contribution < -0.4 is 15.0 Å². The molecule has 0 fully saturated rings. The summed E-state index contributed by atoms with van der Waals surface area (Å²) >= 11 is 0. The summed E-state index contributed by atoms with van der Waals surface area (Å²) in [6.45, 7) is 4.74. The molecule has 0 bridgehead atoms. The van der Waals surface area contributed by atoms with Crippen LogP contribution in [0.3, 0.4) is 0 Å². The molecule has 0 saturated heterocycles. The summed E-state index contributed by atoms with van der Waals surface area (Å²) in [4.78, 5) is 25.2. The number of rotatable bonds is 4. The number of ether oxygens (including phenoxy) is 2. The number of esters is 1. The minimum Gasteiger partial charge on any atom is -0.486 e. The first-order valence-corrected chi connectivity index (χ1v) is 7.44. The van der Waals surface area contributed by atoms with Crippen LogP contribution in [0.25, 0.3) is 0 Å². The predicted octanol–water partition coefficient (Wildman–Crippen LogP) is 2.25. The Morgan fingerprint density at radius 3 is 2.91 bits per heavy atom. The van der Waals surface area contributed by atoms with Crippen molar-refractivity contribution >= 4 is 17.7 Å². The fourth-order valence-electron chi connectivity index (χ4n) is 2.33. The van der Waals surface area contributed by atoms with Gasteiger partial charge >= 0.3 is 12.0 Å². The van der Waals surface area contributed by atoms with Crippen molar-refractivity contribution in [1.29, 1.82) is 0 Å². The van der Waals surface area contributed by atoms with Crippen molar-refractivity contribution in [3.05, 3.63) is 23.8 Å². The molecule has 0 aliphatic carbocycles. The zero-order valence-electron chi connectivity index (χ0n) is 13.2. The molecule has 120 valence electrons. The zero-order chi connectivity index (χ0) is 16.1. The van der Waals surface area contributed by atoms with Crippen molar-refractivity contribution in [2.45, 2.75) is 32.8 Å². The third kappa shape index (κ3) is 3.69. The summed E-state index contributed by atoms with van der Waals surface area (Å²) in [7, 11) is 1.33. The molecular formula is C16H22N2O4. The molecule has 1 heterocycles. The molecular weight excluding hydrogens is 284 g/mol. The minimum atomic E-state index is -0.343. The molecule has 2 amide bonds. The molecule has 0 radical (unpaired) electrons. The number of carbonyl (C=O) groups is 2. The van der Waals surface area contributed by atoms with E-state index in [9.17, 15) is 9.59 Å². The number of carbonyl (C=O) groups excluding carboxylic acids is 2. The fraction of sp³-hybridized carbons (Fsp3) is 0.500. The Morgan fingerprint density at radius 2 is 2.23 bits per heavy atom. The van der Waals surface area contributed by atoms with Crippen molar-refractivity contribution in [2.75, 3.05) is 25.1 Å². The Labute approximate surface area is 130 Å². The van der Waals surface area contributed by atoms with E-state index in [4.69, 9.17) is 4.74 Å². The van der Waals surface area contributed by atoms with Crippen molar-refractivity contribution in [1.82, 2.24) is 5.32 Å². The number of methoxy groups -OCH3 is 1. The van der Waals surface area contributed by atoms with Gasteiger partial charge in [-0.1, -0.05) is 13.0 Å². The predicted molar refractivity (Wildman–Crippen MR) is 83.3 cm³/mol. The Balaban J connectivity index is 2.10. The third-order valence-electron chi connectivity index (χ3n) is 3.62. The first-order chi connectivity index (χ1) is 10.5. The van der Waals surface area contributed by atoms with Gasteiger partial charge in [0.2, 0.25) is 0 Å². The second kappa shape index (κ2) is 7.15. The van der Waals surface area contributed by atoms with Gasteiger partial charge in [-0.2, -0.15) is 0 Å². The number of nitrogens with zero attached hydrogens (tertiary/aromatic N) is 1.